The Morgan fingerprint density at radius 2 is 1.82 bits per heavy atom. The number of pyridine rings is 1. The van der Waals surface area contributed by atoms with Crippen LogP contribution in [0.2, 0.25) is 0 Å². The molecule has 0 spiro atoms. The summed E-state index contributed by atoms with van der Waals surface area (Å²) in [5.41, 5.74) is 8.55. The summed E-state index contributed by atoms with van der Waals surface area (Å²) < 4.78 is 45.6. The van der Waals surface area contributed by atoms with E-state index in [4.69, 9.17) is 10.8 Å². The molecule has 0 bridgehead atoms. The molecule has 0 aliphatic rings. The number of nitrogens with zero attached hydrogens (tertiary/aromatic N) is 6. The number of para-hydroxylation sites is 1. The lowest BCUT2D eigenvalue weighted by molar-refractivity contribution is 0.466. The minimum atomic E-state index is -4.38. The van der Waals surface area contributed by atoms with Crippen LogP contribution in [-0.2, 0) is 10.0 Å². The van der Waals surface area contributed by atoms with Crippen molar-refractivity contribution >= 4 is 32.9 Å². The van der Waals surface area contributed by atoms with E-state index in [2.05, 4.69) is 25.0 Å². The number of phenolic OH excluding ortho intramolecular Hbond substituents is 1. The second kappa shape index (κ2) is 11.3. The number of nitrogen functional groups attached to an aromatic ring is 1. The van der Waals surface area contributed by atoms with Crippen LogP contribution >= 0.6 is 0 Å². The predicted molar refractivity (Wildman–Crippen MR) is 166 cm³/mol. The molecule has 1 atom stereocenters. The number of nitrogens with two attached hydrogens (primary N) is 1. The van der Waals surface area contributed by atoms with Crippen molar-refractivity contribution in [2.45, 2.75) is 24.8 Å². The lowest BCUT2D eigenvalue weighted by atomic mass is 10.1. The van der Waals surface area contributed by atoms with Gasteiger partial charge in [0, 0.05) is 24.0 Å². The van der Waals surface area contributed by atoms with Crippen molar-refractivity contribution in [2.75, 3.05) is 15.8 Å². The number of fused-ring (bicyclic) bond motifs is 1. The highest BCUT2D eigenvalue weighted by Gasteiger charge is 2.23. The zero-order chi connectivity index (χ0) is 31.9. The summed E-state index contributed by atoms with van der Waals surface area (Å²) in [6.07, 6.45) is 5.66. The summed E-state index contributed by atoms with van der Waals surface area (Å²) in [6.45, 7) is 3.65. The molecular weight excluding hydrogens is 601 g/mol. The minimum absolute atomic E-state index is 0.00948. The molecule has 6 rings (SSSR count). The fraction of sp³-hybridized carbons (Fsp3) is 0.100. The highest BCUT2D eigenvalue weighted by atomic mass is 32.2. The standard InChI is InChI=1S/C30H26FN9O4S/c1-17-10-11-39-26(17)30(42)40(21-6-4-3-5-7-21)29(37-39)18(2)36-28-25(27(32)34-16-35-28)19-12-20(15-33-14-19)38-45(43,44)24-9-8-22(41)13-23(24)31/h3-16,18,38,41H,1-2H3,(H3,32,34,35,36)/t18-/m0/s1. The maximum Gasteiger partial charge on any atom is 0.282 e. The van der Waals surface area contributed by atoms with Crippen LogP contribution in [0.3, 0.4) is 0 Å². The second-order valence-electron chi connectivity index (χ2n) is 10.2. The van der Waals surface area contributed by atoms with Gasteiger partial charge in [0.2, 0.25) is 0 Å². The first-order valence-electron chi connectivity index (χ1n) is 13.5. The highest BCUT2D eigenvalue weighted by Crippen LogP contribution is 2.34. The Hall–Kier alpha value is -5.83. The zero-order valence-electron chi connectivity index (χ0n) is 23.9. The van der Waals surface area contributed by atoms with Gasteiger partial charge in [-0.1, -0.05) is 18.2 Å². The Kier molecular flexibility index (Phi) is 7.38. The number of benzene rings is 2. The van der Waals surface area contributed by atoms with Gasteiger partial charge in [-0.25, -0.2) is 27.3 Å². The molecule has 4 heterocycles. The van der Waals surface area contributed by atoms with E-state index in [0.717, 1.165) is 17.7 Å². The van der Waals surface area contributed by atoms with Crippen molar-refractivity contribution in [3.63, 3.8) is 0 Å². The van der Waals surface area contributed by atoms with Crippen LogP contribution in [0, 0.1) is 12.7 Å². The molecular formula is C30H26FN9O4S. The lowest BCUT2D eigenvalue weighted by Gasteiger charge is -2.21. The number of hydrogen-bond acceptors (Lipinski definition) is 10. The third kappa shape index (κ3) is 5.51. The number of halogens is 1. The molecule has 0 unspecified atom stereocenters. The van der Waals surface area contributed by atoms with E-state index < -0.39 is 32.5 Å². The molecule has 0 saturated carbocycles. The second-order valence-corrected chi connectivity index (χ2v) is 11.8. The molecule has 0 fully saturated rings. The number of phenols is 1. The Balaban J connectivity index is 1.39. The molecule has 13 nitrogen and oxygen atoms in total. The Morgan fingerprint density at radius 1 is 1.04 bits per heavy atom. The number of hydrogen-bond donors (Lipinski definition) is 4. The lowest BCUT2D eigenvalue weighted by Crippen LogP contribution is -2.29. The first-order valence-corrected chi connectivity index (χ1v) is 15.0. The van der Waals surface area contributed by atoms with E-state index in [-0.39, 0.29) is 22.9 Å². The monoisotopic (exact) mass is 627 g/mol. The van der Waals surface area contributed by atoms with Gasteiger partial charge in [0.25, 0.3) is 15.6 Å². The van der Waals surface area contributed by atoms with Crippen LogP contribution in [0.5, 0.6) is 5.75 Å². The van der Waals surface area contributed by atoms with E-state index in [1.54, 1.807) is 13.1 Å². The van der Waals surface area contributed by atoms with Crippen LogP contribution in [0.4, 0.5) is 21.7 Å². The molecule has 15 heteroatoms. The SMILES string of the molecule is Cc1ccn2nc([C@H](C)Nc3ncnc(N)c3-c3cncc(NS(=O)(=O)c4ccc(O)cc4F)c3)n(-c3ccccc3)c(=O)c12. The van der Waals surface area contributed by atoms with Crippen molar-refractivity contribution in [1.82, 2.24) is 29.1 Å². The smallest absolute Gasteiger partial charge is 0.282 e. The quantitative estimate of drug-likeness (QED) is 0.192. The molecule has 0 radical (unpaired) electrons. The van der Waals surface area contributed by atoms with E-state index in [0.29, 0.717) is 34.2 Å². The van der Waals surface area contributed by atoms with Gasteiger partial charge in [-0.05, 0) is 55.8 Å². The fourth-order valence-corrected chi connectivity index (χ4v) is 6.05. The van der Waals surface area contributed by atoms with E-state index in [9.17, 15) is 22.7 Å². The van der Waals surface area contributed by atoms with E-state index in [1.165, 1.54) is 33.9 Å². The topological polar surface area (TPSA) is 182 Å². The number of sulfonamides is 1. The van der Waals surface area contributed by atoms with Gasteiger partial charge in [0.05, 0.1) is 29.2 Å². The van der Waals surface area contributed by atoms with Crippen LogP contribution in [0.1, 0.15) is 24.4 Å². The van der Waals surface area contributed by atoms with Gasteiger partial charge in [0.1, 0.15) is 39.9 Å². The molecule has 228 valence electrons. The normalized spacial score (nSPS) is 12.2. The number of nitrogens with one attached hydrogen (secondary N) is 2. The summed E-state index contributed by atoms with van der Waals surface area (Å²) in [4.78, 5) is 25.7. The van der Waals surface area contributed by atoms with E-state index >= 15 is 0 Å². The number of aryl methyl sites for hydroxylation is 1. The Bertz CT molecular complexity index is 2240. The van der Waals surface area contributed by atoms with Crippen molar-refractivity contribution in [3.05, 3.63) is 113 Å². The summed E-state index contributed by atoms with van der Waals surface area (Å²) in [7, 11) is -4.38. The van der Waals surface area contributed by atoms with Gasteiger partial charge in [-0.15, -0.1) is 0 Å². The summed E-state index contributed by atoms with van der Waals surface area (Å²) >= 11 is 0. The number of aromatic hydroxyl groups is 1. The molecule has 0 amide bonds. The molecule has 0 saturated heterocycles. The molecule has 6 aromatic rings. The predicted octanol–water partition coefficient (Wildman–Crippen LogP) is 4.05. The fourth-order valence-electron chi connectivity index (χ4n) is 4.95. The van der Waals surface area contributed by atoms with Gasteiger partial charge in [-0.2, -0.15) is 5.10 Å². The van der Waals surface area contributed by atoms with Crippen molar-refractivity contribution in [2.24, 2.45) is 0 Å². The van der Waals surface area contributed by atoms with Crippen molar-refractivity contribution < 1.29 is 17.9 Å². The average Bonchev–Trinajstić information content (AvgIpc) is 3.38. The van der Waals surface area contributed by atoms with Crippen LogP contribution < -0.4 is 21.3 Å². The third-order valence-electron chi connectivity index (χ3n) is 7.03. The first kappa shape index (κ1) is 29.3. The third-order valence-corrected chi connectivity index (χ3v) is 8.44. The van der Waals surface area contributed by atoms with Gasteiger partial charge in [-0.3, -0.25) is 19.1 Å². The maximum atomic E-state index is 14.3. The van der Waals surface area contributed by atoms with Gasteiger partial charge in [0.15, 0.2) is 5.82 Å². The minimum Gasteiger partial charge on any atom is -0.508 e. The zero-order valence-corrected chi connectivity index (χ0v) is 24.7. The summed E-state index contributed by atoms with van der Waals surface area (Å²) in [5, 5.41) is 17.5. The van der Waals surface area contributed by atoms with Crippen LogP contribution in [0.25, 0.3) is 22.3 Å². The maximum absolute atomic E-state index is 14.3. The largest absolute Gasteiger partial charge is 0.508 e. The number of aromatic nitrogens is 6. The van der Waals surface area contributed by atoms with Crippen molar-refractivity contribution in [3.8, 4) is 22.6 Å². The molecule has 4 aromatic heterocycles. The molecule has 0 aliphatic heterocycles. The first-order chi connectivity index (χ1) is 21.5. The van der Waals surface area contributed by atoms with Gasteiger partial charge < -0.3 is 16.2 Å². The van der Waals surface area contributed by atoms with E-state index in [1.807, 2.05) is 43.3 Å². The van der Waals surface area contributed by atoms with Crippen LogP contribution in [-0.4, -0.2) is 42.7 Å². The summed E-state index contributed by atoms with van der Waals surface area (Å²) in [6, 6.07) is 14.5. The Labute approximate surface area is 255 Å². The number of anilines is 3. The average molecular weight is 628 g/mol. The molecule has 2 aromatic carbocycles. The molecule has 5 N–H and O–H groups in total. The molecule has 45 heavy (non-hydrogen) atoms. The van der Waals surface area contributed by atoms with Crippen LogP contribution in [0.15, 0.2) is 95.3 Å². The highest BCUT2D eigenvalue weighted by molar-refractivity contribution is 7.92. The number of rotatable bonds is 8. The molecule has 0 aliphatic carbocycles. The van der Waals surface area contributed by atoms with Gasteiger partial charge >= 0.3 is 0 Å². The Morgan fingerprint density at radius 3 is 2.58 bits per heavy atom. The van der Waals surface area contributed by atoms with Crippen molar-refractivity contribution in [1.29, 1.82) is 0 Å². The summed E-state index contributed by atoms with van der Waals surface area (Å²) in [5.74, 6) is -0.824.